The van der Waals surface area contributed by atoms with Gasteiger partial charge in [-0.25, -0.2) is 9.97 Å². The predicted molar refractivity (Wildman–Crippen MR) is 83.4 cm³/mol. The first-order chi connectivity index (χ1) is 10.2. The molecular weight excluding hydrogens is 264 g/mol. The highest BCUT2D eigenvalue weighted by Gasteiger charge is 2.15. The van der Waals surface area contributed by atoms with Gasteiger partial charge in [-0.2, -0.15) is 0 Å². The number of hydrogen-bond acceptors (Lipinski definition) is 4. The van der Waals surface area contributed by atoms with Crippen molar-refractivity contribution in [3.63, 3.8) is 0 Å². The van der Waals surface area contributed by atoms with Crippen LogP contribution >= 0.6 is 0 Å². The van der Waals surface area contributed by atoms with Crippen LogP contribution in [0.25, 0.3) is 0 Å². The summed E-state index contributed by atoms with van der Waals surface area (Å²) in [6.45, 7) is 8.00. The molecule has 1 fully saturated rings. The summed E-state index contributed by atoms with van der Waals surface area (Å²) >= 11 is 0. The maximum Gasteiger partial charge on any atom is 0.254 e. The Morgan fingerprint density at radius 1 is 1.29 bits per heavy atom. The lowest BCUT2D eigenvalue weighted by atomic mass is 10.0. The average Bonchev–Trinajstić information content (AvgIpc) is 2.76. The molecule has 1 aliphatic rings. The molecule has 1 aliphatic heterocycles. The van der Waals surface area contributed by atoms with Gasteiger partial charge in [-0.05, 0) is 31.8 Å². The first-order valence-electron chi connectivity index (χ1n) is 7.99. The van der Waals surface area contributed by atoms with Gasteiger partial charge in [0.05, 0.1) is 11.3 Å². The highest BCUT2D eigenvalue weighted by atomic mass is 16.1. The number of hydrogen-bond donors (Lipinski definition) is 1. The van der Waals surface area contributed by atoms with Crippen LogP contribution in [0.5, 0.6) is 0 Å². The number of nitrogens with one attached hydrogen (secondary N) is 1. The fraction of sp³-hybridized carbons (Fsp3) is 0.688. The van der Waals surface area contributed by atoms with E-state index in [0.29, 0.717) is 12.1 Å². The zero-order valence-electron chi connectivity index (χ0n) is 13.1. The molecule has 21 heavy (non-hydrogen) atoms. The van der Waals surface area contributed by atoms with E-state index < -0.39 is 0 Å². The lowest BCUT2D eigenvalue weighted by molar-refractivity contribution is 0.0946. The Bertz CT molecular complexity index is 453. The predicted octanol–water partition coefficient (Wildman–Crippen LogP) is 2.21. The Kier molecular flexibility index (Phi) is 6.11. The fourth-order valence-corrected chi connectivity index (χ4v) is 2.76. The molecule has 5 heteroatoms. The SMILES string of the molecule is CC(C)c1ncncc1C(=O)NCCN1CCCCCC1. The second kappa shape index (κ2) is 8.08. The summed E-state index contributed by atoms with van der Waals surface area (Å²) in [7, 11) is 0. The van der Waals surface area contributed by atoms with Crippen LogP contribution in [0, 0.1) is 0 Å². The van der Waals surface area contributed by atoms with Crippen molar-refractivity contribution >= 4 is 5.91 Å². The fourth-order valence-electron chi connectivity index (χ4n) is 2.76. The maximum absolute atomic E-state index is 12.3. The van der Waals surface area contributed by atoms with Crippen LogP contribution in [-0.2, 0) is 0 Å². The van der Waals surface area contributed by atoms with E-state index in [2.05, 4.69) is 20.2 Å². The van der Waals surface area contributed by atoms with E-state index in [0.717, 1.165) is 25.3 Å². The zero-order chi connectivity index (χ0) is 15.1. The van der Waals surface area contributed by atoms with E-state index >= 15 is 0 Å². The van der Waals surface area contributed by atoms with Gasteiger partial charge in [0.1, 0.15) is 6.33 Å². The van der Waals surface area contributed by atoms with E-state index in [-0.39, 0.29) is 11.8 Å². The van der Waals surface area contributed by atoms with Gasteiger partial charge in [-0.15, -0.1) is 0 Å². The Balaban J connectivity index is 1.84. The lowest BCUT2D eigenvalue weighted by Gasteiger charge is -2.20. The van der Waals surface area contributed by atoms with E-state index in [1.54, 1.807) is 6.20 Å². The molecule has 0 aliphatic carbocycles. The van der Waals surface area contributed by atoms with Crippen molar-refractivity contribution in [1.82, 2.24) is 20.2 Å². The van der Waals surface area contributed by atoms with Crippen LogP contribution in [0.1, 0.15) is 61.5 Å². The van der Waals surface area contributed by atoms with Gasteiger partial charge in [-0.1, -0.05) is 26.7 Å². The van der Waals surface area contributed by atoms with E-state index in [4.69, 9.17) is 0 Å². The number of amides is 1. The van der Waals surface area contributed by atoms with Crippen molar-refractivity contribution in [1.29, 1.82) is 0 Å². The smallest absolute Gasteiger partial charge is 0.254 e. The largest absolute Gasteiger partial charge is 0.351 e. The third-order valence-electron chi connectivity index (χ3n) is 3.95. The van der Waals surface area contributed by atoms with Gasteiger partial charge in [0, 0.05) is 19.3 Å². The number of aromatic nitrogens is 2. The average molecular weight is 290 g/mol. The molecule has 1 N–H and O–H groups in total. The summed E-state index contributed by atoms with van der Waals surface area (Å²) in [5.41, 5.74) is 1.42. The summed E-state index contributed by atoms with van der Waals surface area (Å²) in [6, 6.07) is 0. The minimum Gasteiger partial charge on any atom is -0.351 e. The van der Waals surface area contributed by atoms with E-state index in [9.17, 15) is 4.79 Å². The summed E-state index contributed by atoms with van der Waals surface area (Å²) < 4.78 is 0. The Labute approximate surface area is 127 Å². The molecule has 1 aromatic heterocycles. The molecule has 5 nitrogen and oxygen atoms in total. The summed E-state index contributed by atoms with van der Waals surface area (Å²) in [5.74, 6) is 0.161. The minimum absolute atomic E-state index is 0.0610. The van der Waals surface area contributed by atoms with Gasteiger partial charge >= 0.3 is 0 Å². The van der Waals surface area contributed by atoms with Crippen molar-refractivity contribution in [3.05, 3.63) is 23.8 Å². The van der Waals surface area contributed by atoms with E-state index in [1.165, 1.54) is 32.0 Å². The molecule has 0 bridgehead atoms. The third kappa shape index (κ3) is 4.77. The molecule has 1 aromatic rings. The van der Waals surface area contributed by atoms with Gasteiger partial charge in [0.2, 0.25) is 0 Å². The molecule has 2 heterocycles. The lowest BCUT2D eigenvalue weighted by Crippen LogP contribution is -2.36. The monoisotopic (exact) mass is 290 g/mol. The highest BCUT2D eigenvalue weighted by molar-refractivity contribution is 5.95. The number of nitrogens with zero attached hydrogens (tertiary/aromatic N) is 3. The Morgan fingerprint density at radius 3 is 2.67 bits per heavy atom. The summed E-state index contributed by atoms with van der Waals surface area (Å²) in [6.07, 6.45) is 8.34. The van der Waals surface area contributed by atoms with E-state index in [1.807, 2.05) is 13.8 Å². The van der Waals surface area contributed by atoms with Crippen LogP contribution in [0.3, 0.4) is 0 Å². The first-order valence-corrected chi connectivity index (χ1v) is 7.99. The molecule has 1 amide bonds. The van der Waals surface area contributed by atoms with Crippen LogP contribution in [0.4, 0.5) is 0 Å². The molecule has 0 aromatic carbocycles. The van der Waals surface area contributed by atoms with Crippen molar-refractivity contribution < 1.29 is 4.79 Å². The molecule has 0 spiro atoms. The molecule has 0 saturated carbocycles. The molecule has 1 saturated heterocycles. The van der Waals surface area contributed by atoms with Gasteiger partial charge < -0.3 is 10.2 Å². The molecule has 0 atom stereocenters. The van der Waals surface area contributed by atoms with Crippen LogP contribution in [-0.4, -0.2) is 47.0 Å². The molecule has 2 rings (SSSR count). The number of likely N-dealkylation sites (tertiary alicyclic amines) is 1. The second-order valence-electron chi connectivity index (χ2n) is 5.99. The van der Waals surface area contributed by atoms with Crippen molar-refractivity contribution in [3.8, 4) is 0 Å². The standard InChI is InChI=1S/C16H26N4O/c1-13(2)15-14(11-17-12-19-15)16(21)18-7-10-20-8-5-3-4-6-9-20/h11-13H,3-10H2,1-2H3,(H,18,21). The van der Waals surface area contributed by atoms with Gasteiger partial charge in [0.15, 0.2) is 0 Å². The number of carbonyl (C=O) groups excluding carboxylic acids is 1. The van der Waals surface area contributed by atoms with Crippen LogP contribution in [0.15, 0.2) is 12.5 Å². The van der Waals surface area contributed by atoms with Crippen molar-refractivity contribution in [2.75, 3.05) is 26.2 Å². The Hall–Kier alpha value is -1.49. The molecule has 116 valence electrons. The van der Waals surface area contributed by atoms with Crippen molar-refractivity contribution in [2.45, 2.75) is 45.4 Å². The topological polar surface area (TPSA) is 58.1 Å². The second-order valence-corrected chi connectivity index (χ2v) is 5.99. The molecule has 0 radical (unpaired) electrons. The van der Waals surface area contributed by atoms with Crippen molar-refractivity contribution in [2.24, 2.45) is 0 Å². The Morgan fingerprint density at radius 2 is 2.00 bits per heavy atom. The minimum atomic E-state index is -0.0610. The molecular formula is C16H26N4O. The zero-order valence-corrected chi connectivity index (χ0v) is 13.1. The van der Waals surface area contributed by atoms with Crippen LogP contribution < -0.4 is 5.32 Å². The van der Waals surface area contributed by atoms with Gasteiger partial charge in [-0.3, -0.25) is 4.79 Å². The number of carbonyl (C=O) groups is 1. The normalized spacial score (nSPS) is 16.7. The first kappa shape index (κ1) is 15.9. The van der Waals surface area contributed by atoms with Crippen LogP contribution in [0.2, 0.25) is 0 Å². The maximum atomic E-state index is 12.3. The summed E-state index contributed by atoms with van der Waals surface area (Å²) in [5, 5.41) is 3.00. The van der Waals surface area contributed by atoms with Gasteiger partial charge in [0.25, 0.3) is 5.91 Å². The summed E-state index contributed by atoms with van der Waals surface area (Å²) in [4.78, 5) is 22.9. The quantitative estimate of drug-likeness (QED) is 0.903. The molecule has 0 unspecified atom stereocenters. The highest BCUT2D eigenvalue weighted by Crippen LogP contribution is 2.15. The number of rotatable bonds is 5. The third-order valence-corrected chi connectivity index (χ3v) is 3.95.